The van der Waals surface area contributed by atoms with Crippen LogP contribution in [0.4, 0.5) is 4.39 Å². The molecule has 1 atom stereocenters. The van der Waals surface area contributed by atoms with Gasteiger partial charge in [0, 0.05) is 4.88 Å². The molecule has 7 heteroatoms. The number of para-hydroxylation sites is 1. The molecule has 0 aliphatic rings. The minimum absolute atomic E-state index is 0.0362. The second-order valence-corrected chi connectivity index (χ2v) is 7.12. The molecule has 0 saturated carbocycles. The Balaban J connectivity index is 1.48. The Morgan fingerprint density at radius 2 is 1.76 bits per heavy atom. The Bertz CT molecular complexity index is 914. The van der Waals surface area contributed by atoms with E-state index in [-0.39, 0.29) is 18.8 Å². The van der Waals surface area contributed by atoms with Crippen molar-refractivity contribution in [3.8, 4) is 5.75 Å². The summed E-state index contributed by atoms with van der Waals surface area (Å²) in [6.07, 6.45) is 0.0362. The third-order valence-corrected chi connectivity index (χ3v) is 4.96. The van der Waals surface area contributed by atoms with E-state index in [2.05, 4.69) is 5.32 Å². The van der Waals surface area contributed by atoms with Gasteiger partial charge in [0.1, 0.15) is 11.6 Å². The predicted molar refractivity (Wildman–Crippen MR) is 108 cm³/mol. The Kier molecular flexibility index (Phi) is 7.35. The van der Waals surface area contributed by atoms with Crippen molar-refractivity contribution < 1.29 is 23.5 Å². The summed E-state index contributed by atoms with van der Waals surface area (Å²) in [6, 6.07) is 18.4. The van der Waals surface area contributed by atoms with Crippen LogP contribution in [0.25, 0.3) is 0 Å². The molecular formula is C22H20FNO4S. The highest BCUT2D eigenvalue weighted by atomic mass is 32.1. The number of benzene rings is 2. The molecule has 0 bridgehead atoms. The molecule has 0 aliphatic carbocycles. The normalized spacial score (nSPS) is 11.5. The van der Waals surface area contributed by atoms with E-state index in [9.17, 15) is 14.0 Å². The van der Waals surface area contributed by atoms with Crippen molar-refractivity contribution in [2.45, 2.75) is 12.5 Å². The Hall–Kier alpha value is -3.19. The van der Waals surface area contributed by atoms with E-state index in [0.29, 0.717) is 5.75 Å². The fourth-order valence-electron chi connectivity index (χ4n) is 2.62. The van der Waals surface area contributed by atoms with Crippen molar-refractivity contribution in [2.24, 2.45) is 0 Å². The van der Waals surface area contributed by atoms with Crippen LogP contribution in [0, 0.1) is 5.82 Å². The first-order valence-electron chi connectivity index (χ1n) is 9.03. The lowest BCUT2D eigenvalue weighted by atomic mass is 10.1. The van der Waals surface area contributed by atoms with Crippen LogP contribution < -0.4 is 10.1 Å². The Morgan fingerprint density at radius 1 is 1.00 bits per heavy atom. The molecule has 3 aromatic rings. The average Bonchev–Trinajstić information content (AvgIpc) is 3.27. The summed E-state index contributed by atoms with van der Waals surface area (Å²) in [5.74, 6) is -0.650. The summed E-state index contributed by atoms with van der Waals surface area (Å²) >= 11 is 1.47. The summed E-state index contributed by atoms with van der Waals surface area (Å²) < 4.78 is 23.7. The summed E-state index contributed by atoms with van der Waals surface area (Å²) in [5.41, 5.74) is 0.741. The molecule has 5 nitrogen and oxygen atoms in total. The zero-order valence-electron chi connectivity index (χ0n) is 15.5. The van der Waals surface area contributed by atoms with Crippen LogP contribution in [-0.4, -0.2) is 25.1 Å². The van der Waals surface area contributed by atoms with E-state index >= 15 is 0 Å². The van der Waals surface area contributed by atoms with E-state index in [1.165, 1.54) is 23.5 Å². The van der Waals surface area contributed by atoms with Crippen molar-refractivity contribution in [1.29, 1.82) is 0 Å². The molecule has 0 fully saturated rings. The molecule has 0 radical (unpaired) electrons. The quantitative estimate of drug-likeness (QED) is 0.537. The van der Waals surface area contributed by atoms with Crippen molar-refractivity contribution in [2.75, 3.05) is 13.2 Å². The van der Waals surface area contributed by atoms with Crippen LogP contribution in [0.5, 0.6) is 5.75 Å². The van der Waals surface area contributed by atoms with Crippen molar-refractivity contribution in [3.05, 3.63) is 88.4 Å². The minimum atomic E-state index is -0.523. The van der Waals surface area contributed by atoms with Crippen LogP contribution in [0.15, 0.2) is 72.1 Å². The standard InChI is InChI=1S/C22H20FNO4S/c23-17-10-8-16(9-11-17)22(19-7-4-14-29-19)24-20(25)15-28-21(26)12-13-27-18-5-2-1-3-6-18/h1-11,14,22H,12-13,15H2,(H,24,25)/t22-/m1/s1. The SMILES string of the molecule is O=C(COC(=O)CCOc1ccccc1)N[C@H](c1ccc(F)cc1)c1cccs1. The van der Waals surface area contributed by atoms with Gasteiger partial charge < -0.3 is 14.8 Å². The monoisotopic (exact) mass is 413 g/mol. The van der Waals surface area contributed by atoms with Gasteiger partial charge in [-0.3, -0.25) is 9.59 Å². The highest BCUT2D eigenvalue weighted by Crippen LogP contribution is 2.26. The predicted octanol–water partition coefficient (Wildman–Crippen LogP) is 4.11. The highest BCUT2D eigenvalue weighted by Gasteiger charge is 2.19. The number of amides is 1. The molecule has 1 amide bonds. The van der Waals surface area contributed by atoms with Crippen LogP contribution >= 0.6 is 11.3 Å². The van der Waals surface area contributed by atoms with Gasteiger partial charge in [-0.25, -0.2) is 4.39 Å². The fourth-order valence-corrected chi connectivity index (χ4v) is 3.42. The van der Waals surface area contributed by atoms with E-state index in [1.807, 2.05) is 35.7 Å². The van der Waals surface area contributed by atoms with Gasteiger partial charge >= 0.3 is 5.97 Å². The first-order chi connectivity index (χ1) is 14.1. The number of hydrogen-bond acceptors (Lipinski definition) is 5. The van der Waals surface area contributed by atoms with Crippen molar-refractivity contribution >= 4 is 23.2 Å². The molecular weight excluding hydrogens is 393 g/mol. The van der Waals surface area contributed by atoms with Gasteiger partial charge in [0.15, 0.2) is 6.61 Å². The van der Waals surface area contributed by atoms with Crippen LogP contribution in [-0.2, 0) is 14.3 Å². The summed E-state index contributed by atoms with van der Waals surface area (Å²) in [5, 5.41) is 4.73. The van der Waals surface area contributed by atoms with Gasteiger partial charge in [-0.15, -0.1) is 11.3 Å². The number of nitrogens with one attached hydrogen (secondary N) is 1. The topological polar surface area (TPSA) is 64.6 Å². The molecule has 1 heterocycles. The lowest BCUT2D eigenvalue weighted by Gasteiger charge is -2.18. The number of halogens is 1. The van der Waals surface area contributed by atoms with E-state index in [1.54, 1.807) is 24.3 Å². The molecule has 150 valence electrons. The molecule has 1 N–H and O–H groups in total. The summed E-state index contributed by atoms with van der Waals surface area (Å²) in [7, 11) is 0. The molecule has 3 rings (SSSR count). The largest absolute Gasteiger partial charge is 0.493 e. The molecule has 0 aliphatic heterocycles. The number of hydrogen-bond donors (Lipinski definition) is 1. The van der Waals surface area contributed by atoms with Crippen LogP contribution in [0.3, 0.4) is 0 Å². The second-order valence-electron chi connectivity index (χ2n) is 6.14. The number of ether oxygens (including phenoxy) is 2. The maximum atomic E-state index is 13.2. The van der Waals surface area contributed by atoms with Crippen molar-refractivity contribution in [3.63, 3.8) is 0 Å². The van der Waals surface area contributed by atoms with E-state index < -0.39 is 24.5 Å². The van der Waals surface area contributed by atoms with E-state index in [4.69, 9.17) is 9.47 Å². The van der Waals surface area contributed by atoms with Gasteiger partial charge in [-0.1, -0.05) is 36.4 Å². The fraction of sp³-hybridized carbons (Fsp3) is 0.182. The summed E-state index contributed by atoms with van der Waals surface area (Å²) in [6.45, 7) is -0.231. The highest BCUT2D eigenvalue weighted by molar-refractivity contribution is 7.10. The first-order valence-corrected chi connectivity index (χ1v) is 9.91. The maximum Gasteiger partial charge on any atom is 0.309 e. The lowest BCUT2D eigenvalue weighted by Crippen LogP contribution is -2.32. The number of thiophene rings is 1. The van der Waals surface area contributed by atoms with Gasteiger partial charge in [-0.2, -0.15) is 0 Å². The van der Waals surface area contributed by atoms with Gasteiger partial charge in [0.05, 0.1) is 19.1 Å². The zero-order valence-corrected chi connectivity index (χ0v) is 16.4. The number of rotatable bonds is 9. The number of carbonyl (C=O) groups excluding carboxylic acids is 2. The van der Waals surface area contributed by atoms with Crippen LogP contribution in [0.1, 0.15) is 22.9 Å². The second kappa shape index (κ2) is 10.4. The summed E-state index contributed by atoms with van der Waals surface area (Å²) in [4.78, 5) is 25.0. The average molecular weight is 413 g/mol. The third kappa shape index (κ3) is 6.43. The number of esters is 1. The number of carbonyl (C=O) groups is 2. The minimum Gasteiger partial charge on any atom is -0.493 e. The smallest absolute Gasteiger partial charge is 0.309 e. The first kappa shape index (κ1) is 20.5. The van der Waals surface area contributed by atoms with Crippen LogP contribution in [0.2, 0.25) is 0 Å². The molecule has 0 spiro atoms. The third-order valence-electron chi connectivity index (χ3n) is 4.02. The molecule has 0 saturated heterocycles. The molecule has 29 heavy (non-hydrogen) atoms. The van der Waals surface area contributed by atoms with Gasteiger partial charge in [-0.05, 0) is 41.3 Å². The van der Waals surface area contributed by atoms with Crippen molar-refractivity contribution in [1.82, 2.24) is 5.32 Å². The molecule has 1 aromatic heterocycles. The maximum absolute atomic E-state index is 13.2. The molecule has 0 unspecified atom stereocenters. The Labute approximate surface area is 172 Å². The van der Waals surface area contributed by atoms with E-state index in [0.717, 1.165) is 10.4 Å². The zero-order chi connectivity index (χ0) is 20.5. The van der Waals surface area contributed by atoms with Gasteiger partial charge in [0.25, 0.3) is 5.91 Å². The molecule has 2 aromatic carbocycles. The van der Waals surface area contributed by atoms with Gasteiger partial charge in [0.2, 0.25) is 0 Å². The Morgan fingerprint density at radius 3 is 2.45 bits per heavy atom. The lowest BCUT2D eigenvalue weighted by molar-refractivity contribution is -0.149.